The molecule has 78 valence electrons. The van der Waals surface area contributed by atoms with Gasteiger partial charge in [0.15, 0.2) is 0 Å². The lowest BCUT2D eigenvalue weighted by Gasteiger charge is -2.10. The Morgan fingerprint density at radius 3 is 3.21 bits per heavy atom. The number of hydrogen-bond acceptors (Lipinski definition) is 3. The van der Waals surface area contributed by atoms with E-state index in [0.29, 0.717) is 0 Å². The summed E-state index contributed by atoms with van der Waals surface area (Å²) in [4.78, 5) is 0. The Balaban J connectivity index is 1.67. The summed E-state index contributed by atoms with van der Waals surface area (Å²) in [7, 11) is 0. The highest BCUT2D eigenvalue weighted by atomic mass is 79.9. The Hall–Kier alpha value is -0.0600. The lowest BCUT2D eigenvalue weighted by atomic mass is 10.1. The Kier molecular flexibility index (Phi) is 3.84. The summed E-state index contributed by atoms with van der Waals surface area (Å²) < 4.78 is 1.17. The van der Waals surface area contributed by atoms with Crippen LogP contribution in [0.5, 0.6) is 0 Å². The summed E-state index contributed by atoms with van der Waals surface area (Å²) in [6, 6.07) is 2.87. The van der Waals surface area contributed by atoms with E-state index in [-0.39, 0.29) is 0 Å². The molecule has 4 heteroatoms. The maximum Gasteiger partial charge on any atom is 0.0894 e. The lowest BCUT2D eigenvalue weighted by Crippen LogP contribution is -2.23. The van der Waals surface area contributed by atoms with Gasteiger partial charge in [-0.25, -0.2) is 0 Å². The van der Waals surface area contributed by atoms with Crippen LogP contribution < -0.4 is 10.6 Å². The number of anilines is 1. The normalized spacial score (nSPS) is 21.4. The number of thiophene rings is 1. The summed E-state index contributed by atoms with van der Waals surface area (Å²) >= 11 is 5.20. The van der Waals surface area contributed by atoms with Gasteiger partial charge in [0.25, 0.3) is 0 Å². The second-order valence-corrected chi connectivity index (χ2v) is 5.46. The quantitative estimate of drug-likeness (QED) is 0.882. The van der Waals surface area contributed by atoms with Crippen molar-refractivity contribution in [1.82, 2.24) is 5.32 Å². The second kappa shape index (κ2) is 5.14. The number of hydrogen-bond donors (Lipinski definition) is 2. The molecule has 0 spiro atoms. The first-order valence-electron chi connectivity index (χ1n) is 5.06. The zero-order chi connectivity index (χ0) is 9.80. The van der Waals surface area contributed by atoms with Gasteiger partial charge in [-0.2, -0.15) is 0 Å². The van der Waals surface area contributed by atoms with Gasteiger partial charge in [0.05, 0.1) is 5.00 Å². The fourth-order valence-corrected chi connectivity index (χ4v) is 3.13. The van der Waals surface area contributed by atoms with E-state index in [1.807, 2.05) is 0 Å². The Morgan fingerprint density at radius 1 is 1.64 bits per heavy atom. The molecule has 2 nitrogen and oxygen atoms in total. The molecule has 1 aliphatic heterocycles. The van der Waals surface area contributed by atoms with Gasteiger partial charge in [-0.15, -0.1) is 11.3 Å². The van der Waals surface area contributed by atoms with E-state index in [1.165, 1.54) is 35.3 Å². The van der Waals surface area contributed by atoms with Crippen LogP contribution in [0.2, 0.25) is 0 Å². The minimum Gasteiger partial charge on any atom is -0.377 e. The molecule has 2 heterocycles. The smallest absolute Gasteiger partial charge is 0.0894 e. The van der Waals surface area contributed by atoms with E-state index in [4.69, 9.17) is 0 Å². The minimum absolute atomic E-state index is 0.742. The number of nitrogens with one attached hydrogen (secondary N) is 2. The van der Waals surface area contributed by atoms with Crippen molar-refractivity contribution in [3.05, 3.63) is 15.9 Å². The topological polar surface area (TPSA) is 24.1 Å². The highest BCUT2D eigenvalue weighted by Gasteiger charge is 2.12. The van der Waals surface area contributed by atoms with Crippen LogP contribution in [0.25, 0.3) is 0 Å². The van der Waals surface area contributed by atoms with Crippen molar-refractivity contribution in [2.24, 2.45) is 0 Å². The monoisotopic (exact) mass is 274 g/mol. The van der Waals surface area contributed by atoms with Crippen LogP contribution in [-0.4, -0.2) is 19.1 Å². The van der Waals surface area contributed by atoms with E-state index in [9.17, 15) is 0 Å². The average Bonchev–Trinajstić information content (AvgIpc) is 2.77. The molecule has 0 radical (unpaired) electrons. The third-order valence-corrected chi connectivity index (χ3v) is 4.17. The van der Waals surface area contributed by atoms with Gasteiger partial charge in [-0.1, -0.05) is 0 Å². The van der Waals surface area contributed by atoms with Crippen LogP contribution in [0.4, 0.5) is 5.00 Å². The van der Waals surface area contributed by atoms with Crippen LogP contribution in [0.15, 0.2) is 15.9 Å². The molecule has 0 saturated carbocycles. The summed E-state index contributed by atoms with van der Waals surface area (Å²) in [5, 5.41) is 10.3. The maximum absolute atomic E-state index is 3.50. The summed E-state index contributed by atoms with van der Waals surface area (Å²) in [5.74, 6) is 0. The van der Waals surface area contributed by atoms with E-state index in [1.54, 1.807) is 11.3 Å². The number of halogens is 1. The fourth-order valence-electron chi connectivity index (χ4n) is 1.78. The summed E-state index contributed by atoms with van der Waals surface area (Å²) in [6.07, 6.45) is 3.92. The average molecular weight is 275 g/mol. The largest absolute Gasteiger partial charge is 0.377 e. The Labute approximate surface area is 97.2 Å². The van der Waals surface area contributed by atoms with E-state index >= 15 is 0 Å². The molecule has 1 aromatic heterocycles. The van der Waals surface area contributed by atoms with Crippen molar-refractivity contribution in [3.63, 3.8) is 0 Å². The fraction of sp³-hybridized carbons (Fsp3) is 0.600. The highest BCUT2D eigenvalue weighted by Crippen LogP contribution is 2.24. The Bertz CT molecular complexity index is 281. The van der Waals surface area contributed by atoms with Crippen molar-refractivity contribution in [1.29, 1.82) is 0 Å². The van der Waals surface area contributed by atoms with E-state index in [0.717, 1.165) is 12.6 Å². The first-order valence-corrected chi connectivity index (χ1v) is 6.73. The summed E-state index contributed by atoms with van der Waals surface area (Å²) in [5.41, 5.74) is 0. The van der Waals surface area contributed by atoms with E-state index in [2.05, 4.69) is 38.0 Å². The van der Waals surface area contributed by atoms with Crippen molar-refractivity contribution in [3.8, 4) is 0 Å². The first kappa shape index (κ1) is 10.5. The Morgan fingerprint density at radius 2 is 2.57 bits per heavy atom. The van der Waals surface area contributed by atoms with Gasteiger partial charge >= 0.3 is 0 Å². The molecule has 1 unspecified atom stereocenters. The molecule has 0 aliphatic carbocycles. The first-order chi connectivity index (χ1) is 6.84. The lowest BCUT2D eigenvalue weighted by molar-refractivity contribution is 0.575. The van der Waals surface area contributed by atoms with Crippen LogP contribution in [0.3, 0.4) is 0 Å². The third kappa shape index (κ3) is 2.97. The molecule has 1 saturated heterocycles. The zero-order valence-corrected chi connectivity index (χ0v) is 10.5. The van der Waals surface area contributed by atoms with Gasteiger partial charge < -0.3 is 10.6 Å². The van der Waals surface area contributed by atoms with Crippen LogP contribution in [0, 0.1) is 0 Å². The predicted molar refractivity (Wildman–Crippen MR) is 66.2 cm³/mol. The summed E-state index contributed by atoms with van der Waals surface area (Å²) in [6.45, 7) is 2.28. The SMILES string of the molecule is Brc1csc(NCCC2CCCN2)c1. The number of rotatable bonds is 4. The molecule has 14 heavy (non-hydrogen) atoms. The standard InChI is InChI=1S/C10H15BrN2S/c11-8-6-10(14-7-8)13-5-3-9-2-1-4-12-9/h6-7,9,12-13H,1-5H2. The molecule has 1 fully saturated rings. The predicted octanol–water partition coefficient (Wildman–Crippen LogP) is 3.06. The van der Waals surface area contributed by atoms with Crippen molar-refractivity contribution >= 4 is 32.3 Å². The van der Waals surface area contributed by atoms with Gasteiger partial charge in [-0.05, 0) is 47.8 Å². The molecule has 1 aliphatic rings. The third-order valence-electron chi connectivity index (χ3n) is 2.52. The molecule has 0 bridgehead atoms. The highest BCUT2D eigenvalue weighted by molar-refractivity contribution is 9.10. The molecule has 1 atom stereocenters. The van der Waals surface area contributed by atoms with Crippen LogP contribution in [0.1, 0.15) is 19.3 Å². The van der Waals surface area contributed by atoms with Crippen molar-refractivity contribution in [2.75, 3.05) is 18.4 Å². The van der Waals surface area contributed by atoms with Gasteiger partial charge in [0.1, 0.15) is 0 Å². The molecule has 0 amide bonds. The van der Waals surface area contributed by atoms with Gasteiger partial charge in [0, 0.05) is 22.4 Å². The molecule has 2 N–H and O–H groups in total. The molecule has 1 aromatic rings. The van der Waals surface area contributed by atoms with Gasteiger partial charge in [-0.3, -0.25) is 0 Å². The minimum atomic E-state index is 0.742. The molecular formula is C10H15BrN2S. The van der Waals surface area contributed by atoms with E-state index < -0.39 is 0 Å². The second-order valence-electron chi connectivity index (χ2n) is 3.64. The van der Waals surface area contributed by atoms with Crippen molar-refractivity contribution in [2.45, 2.75) is 25.3 Å². The molecule has 2 rings (SSSR count). The van der Waals surface area contributed by atoms with Crippen molar-refractivity contribution < 1.29 is 0 Å². The zero-order valence-electron chi connectivity index (χ0n) is 8.05. The maximum atomic E-state index is 3.50. The van der Waals surface area contributed by atoms with Gasteiger partial charge in [0.2, 0.25) is 0 Å². The molecular weight excluding hydrogens is 260 g/mol. The van der Waals surface area contributed by atoms with Crippen LogP contribution >= 0.6 is 27.3 Å². The van der Waals surface area contributed by atoms with Crippen LogP contribution in [-0.2, 0) is 0 Å². The molecule has 0 aromatic carbocycles.